The van der Waals surface area contributed by atoms with Crippen molar-refractivity contribution >= 4 is 17.7 Å². The zero-order valence-electron chi connectivity index (χ0n) is 12.5. The summed E-state index contributed by atoms with van der Waals surface area (Å²) < 4.78 is -0.827. The van der Waals surface area contributed by atoms with E-state index in [1.807, 2.05) is 30.3 Å². The standard InChI is InChI=1S/C16H25NO2S/c1-4-12(2)14(17)11-20-16(3,15(18)19)10-13-8-6-5-7-9-13/h5-9,12,14H,4,10-11,17H2,1-3H3,(H,18,19)/t12-,14?,16-/m0/s1. The number of rotatable bonds is 8. The highest BCUT2D eigenvalue weighted by molar-refractivity contribution is 8.01. The first kappa shape index (κ1) is 17.1. The van der Waals surface area contributed by atoms with Crippen LogP contribution in [0.25, 0.3) is 0 Å². The molecule has 1 aromatic rings. The summed E-state index contributed by atoms with van der Waals surface area (Å²) in [5.74, 6) is 0.310. The third-order valence-corrected chi connectivity index (χ3v) is 5.31. The summed E-state index contributed by atoms with van der Waals surface area (Å²) in [4.78, 5) is 11.6. The minimum atomic E-state index is -0.827. The van der Waals surface area contributed by atoms with Crippen molar-refractivity contribution in [2.75, 3.05) is 5.75 Å². The maximum absolute atomic E-state index is 11.6. The van der Waals surface area contributed by atoms with Gasteiger partial charge in [-0.1, -0.05) is 50.6 Å². The lowest BCUT2D eigenvalue weighted by Gasteiger charge is -2.27. The molecule has 0 heterocycles. The number of thioether (sulfide) groups is 1. The molecular weight excluding hydrogens is 270 g/mol. The van der Waals surface area contributed by atoms with E-state index in [0.29, 0.717) is 18.1 Å². The number of nitrogens with two attached hydrogens (primary N) is 1. The van der Waals surface area contributed by atoms with E-state index < -0.39 is 10.7 Å². The average molecular weight is 295 g/mol. The SMILES string of the molecule is CC[C@H](C)C(N)CS[C@@](C)(Cc1ccccc1)C(=O)O. The van der Waals surface area contributed by atoms with E-state index in [-0.39, 0.29) is 6.04 Å². The normalized spacial score (nSPS) is 17.2. The van der Waals surface area contributed by atoms with Crippen molar-refractivity contribution in [3.05, 3.63) is 35.9 Å². The Balaban J connectivity index is 2.70. The van der Waals surface area contributed by atoms with Crippen LogP contribution in [0.1, 0.15) is 32.8 Å². The fraction of sp³-hybridized carbons (Fsp3) is 0.562. The third kappa shape index (κ3) is 4.84. The summed E-state index contributed by atoms with van der Waals surface area (Å²) in [7, 11) is 0. The molecule has 0 bridgehead atoms. The Morgan fingerprint density at radius 2 is 2.00 bits per heavy atom. The van der Waals surface area contributed by atoms with Gasteiger partial charge in [0.1, 0.15) is 4.75 Å². The molecule has 0 aromatic heterocycles. The van der Waals surface area contributed by atoms with Crippen LogP contribution in [0.2, 0.25) is 0 Å². The highest BCUT2D eigenvalue weighted by Gasteiger charge is 2.34. The molecule has 0 saturated heterocycles. The van der Waals surface area contributed by atoms with Gasteiger partial charge in [-0.25, -0.2) is 0 Å². The number of carboxylic acids is 1. The Morgan fingerprint density at radius 1 is 1.40 bits per heavy atom. The van der Waals surface area contributed by atoms with Gasteiger partial charge >= 0.3 is 5.97 Å². The molecule has 0 aliphatic rings. The van der Waals surface area contributed by atoms with Gasteiger partial charge in [0.25, 0.3) is 0 Å². The predicted octanol–water partition coefficient (Wildman–Crippen LogP) is 3.18. The van der Waals surface area contributed by atoms with Gasteiger partial charge in [0.2, 0.25) is 0 Å². The number of benzene rings is 1. The van der Waals surface area contributed by atoms with Crippen LogP contribution in [-0.2, 0) is 11.2 Å². The minimum absolute atomic E-state index is 0.0412. The van der Waals surface area contributed by atoms with Gasteiger partial charge in [0.05, 0.1) is 0 Å². The van der Waals surface area contributed by atoms with Crippen LogP contribution >= 0.6 is 11.8 Å². The average Bonchev–Trinajstić information content (AvgIpc) is 2.44. The Kier molecular flexibility index (Phi) is 6.56. The van der Waals surface area contributed by atoms with Gasteiger partial charge in [-0.15, -0.1) is 11.8 Å². The van der Waals surface area contributed by atoms with E-state index in [1.165, 1.54) is 11.8 Å². The first-order valence-corrected chi connectivity index (χ1v) is 8.04. The van der Waals surface area contributed by atoms with E-state index >= 15 is 0 Å². The molecule has 0 spiro atoms. The van der Waals surface area contributed by atoms with Gasteiger partial charge in [-0.2, -0.15) is 0 Å². The summed E-state index contributed by atoms with van der Waals surface area (Å²) in [5.41, 5.74) is 7.16. The number of carbonyl (C=O) groups is 1. The summed E-state index contributed by atoms with van der Waals surface area (Å²) in [6, 6.07) is 9.79. The zero-order valence-corrected chi connectivity index (χ0v) is 13.3. The van der Waals surface area contributed by atoms with E-state index in [2.05, 4.69) is 13.8 Å². The molecule has 0 aliphatic carbocycles. The fourth-order valence-electron chi connectivity index (χ4n) is 1.92. The zero-order chi connectivity index (χ0) is 15.2. The smallest absolute Gasteiger partial charge is 0.319 e. The Morgan fingerprint density at radius 3 is 2.50 bits per heavy atom. The summed E-state index contributed by atoms with van der Waals surface area (Å²) in [6.07, 6.45) is 1.53. The second kappa shape index (κ2) is 7.70. The molecular formula is C16H25NO2S. The maximum Gasteiger partial charge on any atom is 0.319 e. The van der Waals surface area contributed by atoms with Crippen molar-refractivity contribution in [1.29, 1.82) is 0 Å². The molecule has 3 atom stereocenters. The number of hydrogen-bond acceptors (Lipinski definition) is 3. The number of hydrogen-bond donors (Lipinski definition) is 2. The number of aliphatic carboxylic acids is 1. The Bertz CT molecular complexity index is 424. The first-order chi connectivity index (χ1) is 9.39. The van der Waals surface area contributed by atoms with Crippen LogP contribution in [0.15, 0.2) is 30.3 Å². The molecule has 0 radical (unpaired) electrons. The highest BCUT2D eigenvalue weighted by Crippen LogP contribution is 2.31. The summed E-state index contributed by atoms with van der Waals surface area (Å²) in [6.45, 7) is 6.01. The predicted molar refractivity (Wildman–Crippen MR) is 86.1 cm³/mol. The van der Waals surface area contributed by atoms with Gasteiger partial charge in [-0.3, -0.25) is 4.79 Å². The van der Waals surface area contributed by atoms with Crippen LogP contribution in [-0.4, -0.2) is 27.6 Å². The molecule has 0 fully saturated rings. The van der Waals surface area contributed by atoms with Crippen LogP contribution < -0.4 is 5.73 Å². The fourth-order valence-corrected chi connectivity index (χ4v) is 3.20. The Hall–Kier alpha value is -1.00. The van der Waals surface area contributed by atoms with Gasteiger partial charge in [-0.05, 0) is 24.8 Å². The molecule has 0 amide bonds. The summed E-state index contributed by atoms with van der Waals surface area (Å²) in [5, 5.41) is 9.54. The molecule has 1 unspecified atom stereocenters. The minimum Gasteiger partial charge on any atom is -0.480 e. The van der Waals surface area contributed by atoms with Crippen LogP contribution in [0.5, 0.6) is 0 Å². The maximum atomic E-state index is 11.6. The van der Waals surface area contributed by atoms with Crippen molar-refractivity contribution in [2.45, 2.75) is 44.4 Å². The van der Waals surface area contributed by atoms with Gasteiger partial charge in [0.15, 0.2) is 0 Å². The number of carboxylic acid groups (broad SMARTS) is 1. The third-order valence-electron chi connectivity index (χ3n) is 3.81. The summed E-state index contributed by atoms with van der Waals surface area (Å²) >= 11 is 1.45. The molecule has 4 heteroatoms. The van der Waals surface area contributed by atoms with Crippen molar-refractivity contribution in [2.24, 2.45) is 11.7 Å². The second-order valence-corrected chi connectivity index (χ2v) is 7.08. The van der Waals surface area contributed by atoms with Crippen molar-refractivity contribution in [3.8, 4) is 0 Å². The molecule has 0 aliphatic heterocycles. The van der Waals surface area contributed by atoms with Crippen molar-refractivity contribution < 1.29 is 9.90 Å². The highest BCUT2D eigenvalue weighted by atomic mass is 32.2. The molecule has 3 nitrogen and oxygen atoms in total. The van der Waals surface area contributed by atoms with E-state index in [1.54, 1.807) is 6.92 Å². The van der Waals surface area contributed by atoms with Gasteiger partial charge < -0.3 is 10.8 Å². The van der Waals surface area contributed by atoms with Crippen molar-refractivity contribution in [1.82, 2.24) is 0 Å². The second-order valence-electron chi connectivity index (χ2n) is 5.56. The molecule has 1 aromatic carbocycles. The van der Waals surface area contributed by atoms with E-state index in [9.17, 15) is 9.90 Å². The molecule has 112 valence electrons. The van der Waals surface area contributed by atoms with Crippen LogP contribution in [0, 0.1) is 5.92 Å². The first-order valence-electron chi connectivity index (χ1n) is 7.06. The largest absolute Gasteiger partial charge is 0.480 e. The lowest BCUT2D eigenvalue weighted by molar-refractivity contribution is -0.139. The topological polar surface area (TPSA) is 63.3 Å². The van der Waals surface area contributed by atoms with Crippen LogP contribution in [0.3, 0.4) is 0 Å². The van der Waals surface area contributed by atoms with E-state index in [0.717, 1.165) is 12.0 Å². The molecule has 0 saturated carbocycles. The van der Waals surface area contributed by atoms with Crippen LogP contribution in [0.4, 0.5) is 0 Å². The van der Waals surface area contributed by atoms with Crippen molar-refractivity contribution in [3.63, 3.8) is 0 Å². The Labute approximate surface area is 125 Å². The monoisotopic (exact) mass is 295 g/mol. The van der Waals surface area contributed by atoms with E-state index in [4.69, 9.17) is 5.73 Å². The molecule has 1 rings (SSSR count). The molecule has 20 heavy (non-hydrogen) atoms. The van der Waals surface area contributed by atoms with Gasteiger partial charge in [0, 0.05) is 11.8 Å². The lowest BCUT2D eigenvalue weighted by Crippen LogP contribution is -2.38. The molecule has 3 N–H and O–H groups in total. The quantitative estimate of drug-likeness (QED) is 0.773. The lowest BCUT2D eigenvalue weighted by atomic mass is 10.0.